The van der Waals surface area contributed by atoms with E-state index in [0.29, 0.717) is 6.20 Å². The van der Waals surface area contributed by atoms with Crippen molar-refractivity contribution < 1.29 is 18.1 Å². The van der Waals surface area contributed by atoms with Crippen LogP contribution in [0.2, 0.25) is 0 Å². The molecule has 0 N–H and O–H groups in total. The van der Waals surface area contributed by atoms with E-state index in [1.807, 2.05) is 0 Å². The molecule has 0 bridgehead atoms. The maximum absolute atomic E-state index is 13.0. The largest absolute Gasteiger partial charge is 0.368 e. The summed E-state index contributed by atoms with van der Waals surface area (Å²) in [6.45, 7) is 0. The van der Waals surface area contributed by atoms with Crippen LogP contribution in [0.4, 0.5) is 19.0 Å². The molecule has 0 aliphatic rings. The van der Waals surface area contributed by atoms with E-state index in [1.54, 1.807) is 0 Å². The molecule has 5 nitrogen and oxygen atoms in total. The van der Waals surface area contributed by atoms with E-state index in [2.05, 4.69) is 4.98 Å². The molecule has 0 radical (unpaired) electrons. The van der Waals surface area contributed by atoms with Crippen LogP contribution in [0.1, 0.15) is 17.6 Å². The van der Waals surface area contributed by atoms with E-state index in [1.165, 1.54) is 6.07 Å². The van der Waals surface area contributed by atoms with Gasteiger partial charge in [-0.25, -0.2) is 13.2 Å². The highest BCUT2D eigenvalue weighted by Gasteiger charge is 2.28. The number of aromatic nitrogens is 1. The van der Waals surface area contributed by atoms with E-state index < -0.39 is 40.5 Å². The topological polar surface area (TPSA) is 79.8 Å². The normalized spacial score (nSPS) is 10.2. The van der Waals surface area contributed by atoms with Crippen molar-refractivity contribution in [3.63, 3.8) is 0 Å². The van der Waals surface area contributed by atoms with Crippen LogP contribution in [-0.2, 0) is 6.42 Å². The third-order valence-electron chi connectivity index (χ3n) is 1.80. The number of nitriles is 1. The lowest BCUT2D eigenvalue weighted by molar-refractivity contribution is -0.390. The van der Waals surface area contributed by atoms with Crippen molar-refractivity contribution in [2.75, 3.05) is 0 Å². The van der Waals surface area contributed by atoms with E-state index in [9.17, 15) is 23.3 Å². The second kappa shape index (κ2) is 4.57. The summed E-state index contributed by atoms with van der Waals surface area (Å²) in [7, 11) is 0. The molecule has 0 aliphatic carbocycles. The Kier molecular flexibility index (Phi) is 3.40. The van der Waals surface area contributed by atoms with Gasteiger partial charge in [0, 0.05) is 0 Å². The van der Waals surface area contributed by atoms with Crippen molar-refractivity contribution in [1.82, 2.24) is 4.98 Å². The molecule has 0 saturated carbocycles. The molecule has 0 atom stereocenters. The molecule has 1 aromatic heterocycles. The van der Waals surface area contributed by atoms with Gasteiger partial charge in [-0.05, 0) is 9.91 Å². The minimum absolute atomic E-state index is 0.348. The number of hydrogen-bond acceptors (Lipinski definition) is 4. The Morgan fingerprint density at radius 1 is 1.62 bits per heavy atom. The Balaban J connectivity index is 3.50. The lowest BCUT2D eigenvalue weighted by Crippen LogP contribution is -2.06. The molecule has 8 heteroatoms. The summed E-state index contributed by atoms with van der Waals surface area (Å²) in [5, 5.41) is 18.8. The molecule has 0 unspecified atom stereocenters. The predicted molar refractivity (Wildman–Crippen MR) is 45.1 cm³/mol. The molecule has 1 heterocycles. The van der Waals surface area contributed by atoms with Gasteiger partial charge in [-0.2, -0.15) is 5.26 Å². The van der Waals surface area contributed by atoms with Crippen molar-refractivity contribution in [3.05, 3.63) is 33.3 Å². The second-order valence-corrected chi connectivity index (χ2v) is 2.71. The number of hydrogen-bond donors (Lipinski definition) is 0. The number of nitrogens with zero attached hydrogens (tertiary/aromatic N) is 3. The van der Waals surface area contributed by atoms with Crippen LogP contribution in [0, 0.1) is 27.3 Å². The summed E-state index contributed by atoms with van der Waals surface area (Å²) >= 11 is 0. The molecular weight excluding hydrogens is 227 g/mol. The Labute approximate surface area is 87.3 Å². The van der Waals surface area contributed by atoms with Crippen molar-refractivity contribution in [3.8, 4) is 6.07 Å². The Bertz CT molecular complexity index is 470. The van der Waals surface area contributed by atoms with Gasteiger partial charge in [0.25, 0.3) is 6.43 Å². The SMILES string of the molecule is N#CCc1c([N+](=O)[O-])ncc(F)c1C(F)F. The lowest BCUT2D eigenvalue weighted by atomic mass is 10.1. The first-order valence-electron chi connectivity index (χ1n) is 3.95. The van der Waals surface area contributed by atoms with Gasteiger partial charge in [-0.15, -0.1) is 0 Å². The number of halogens is 3. The Hall–Kier alpha value is -2.17. The molecule has 0 aliphatic heterocycles. The summed E-state index contributed by atoms with van der Waals surface area (Å²) in [4.78, 5) is 12.5. The molecule has 1 rings (SSSR count). The van der Waals surface area contributed by atoms with Crippen LogP contribution in [0.25, 0.3) is 0 Å². The Morgan fingerprint density at radius 3 is 2.69 bits per heavy atom. The average Bonchev–Trinajstić information content (AvgIpc) is 2.17. The van der Waals surface area contributed by atoms with E-state index >= 15 is 0 Å². The molecule has 0 spiro atoms. The first-order chi connectivity index (χ1) is 7.49. The molecule has 1 aromatic rings. The maximum atomic E-state index is 13.0. The first kappa shape index (κ1) is 11.9. The molecule has 0 fully saturated rings. The van der Waals surface area contributed by atoms with Crippen molar-refractivity contribution in [2.45, 2.75) is 12.8 Å². The zero-order valence-corrected chi connectivity index (χ0v) is 7.65. The van der Waals surface area contributed by atoms with Crippen LogP contribution >= 0.6 is 0 Å². The lowest BCUT2D eigenvalue weighted by Gasteiger charge is -2.06. The summed E-state index contributed by atoms with van der Waals surface area (Å²) in [6, 6.07) is 1.46. The van der Waals surface area contributed by atoms with E-state index in [-0.39, 0.29) is 0 Å². The van der Waals surface area contributed by atoms with Gasteiger partial charge in [0.05, 0.1) is 23.6 Å². The molecule has 0 aromatic carbocycles. The first-order valence-corrected chi connectivity index (χ1v) is 3.95. The van der Waals surface area contributed by atoms with Gasteiger partial charge >= 0.3 is 5.82 Å². The second-order valence-electron chi connectivity index (χ2n) is 2.71. The maximum Gasteiger partial charge on any atom is 0.368 e. The van der Waals surface area contributed by atoms with E-state index in [0.717, 1.165) is 0 Å². The number of rotatable bonds is 3. The van der Waals surface area contributed by atoms with Crippen LogP contribution in [0.3, 0.4) is 0 Å². The van der Waals surface area contributed by atoms with Gasteiger partial charge in [0.15, 0.2) is 12.0 Å². The summed E-state index contributed by atoms with van der Waals surface area (Å²) < 4.78 is 37.9. The van der Waals surface area contributed by atoms with Crippen LogP contribution < -0.4 is 0 Å². The van der Waals surface area contributed by atoms with Crippen molar-refractivity contribution >= 4 is 5.82 Å². The fourth-order valence-corrected chi connectivity index (χ4v) is 1.18. The Morgan fingerprint density at radius 2 is 2.25 bits per heavy atom. The summed E-state index contributed by atoms with van der Waals surface area (Å²) in [5.41, 5.74) is -1.81. The minimum Gasteiger partial charge on any atom is -0.358 e. The van der Waals surface area contributed by atoms with E-state index in [4.69, 9.17) is 5.26 Å². The third-order valence-corrected chi connectivity index (χ3v) is 1.80. The fraction of sp³-hybridized carbons (Fsp3) is 0.250. The zero-order valence-electron chi connectivity index (χ0n) is 7.65. The van der Waals surface area contributed by atoms with Crippen LogP contribution in [-0.4, -0.2) is 9.91 Å². The highest BCUT2D eigenvalue weighted by molar-refractivity contribution is 5.42. The molecule has 84 valence electrons. The van der Waals surface area contributed by atoms with Crippen LogP contribution in [0.15, 0.2) is 6.20 Å². The molecule has 16 heavy (non-hydrogen) atoms. The van der Waals surface area contributed by atoms with Crippen molar-refractivity contribution in [2.24, 2.45) is 0 Å². The predicted octanol–water partition coefficient (Wildman–Crippen LogP) is 2.13. The minimum atomic E-state index is -3.23. The molecule has 0 saturated heterocycles. The fourth-order valence-electron chi connectivity index (χ4n) is 1.18. The van der Waals surface area contributed by atoms with Gasteiger partial charge in [0.2, 0.25) is 0 Å². The quantitative estimate of drug-likeness (QED) is 0.589. The van der Waals surface area contributed by atoms with Crippen molar-refractivity contribution in [1.29, 1.82) is 5.26 Å². The highest BCUT2D eigenvalue weighted by Crippen LogP contribution is 2.30. The highest BCUT2D eigenvalue weighted by atomic mass is 19.3. The van der Waals surface area contributed by atoms with Gasteiger partial charge in [-0.3, -0.25) is 0 Å². The summed E-state index contributed by atoms with van der Waals surface area (Å²) in [6.07, 6.45) is -3.58. The standard InChI is InChI=1S/C8H4F3N3O2/c9-5-3-13-8(14(15)16)4(1-2-12)6(5)7(10)11/h3,7H,1H2. The van der Waals surface area contributed by atoms with Crippen LogP contribution in [0.5, 0.6) is 0 Å². The number of alkyl halides is 2. The smallest absolute Gasteiger partial charge is 0.358 e. The van der Waals surface area contributed by atoms with Gasteiger partial charge in [0.1, 0.15) is 0 Å². The molecular formula is C8H4F3N3O2. The zero-order chi connectivity index (χ0) is 12.3. The van der Waals surface area contributed by atoms with Gasteiger partial charge < -0.3 is 10.1 Å². The average molecular weight is 231 g/mol. The van der Waals surface area contributed by atoms with Gasteiger partial charge in [-0.1, -0.05) is 0 Å². The third kappa shape index (κ3) is 2.08. The summed E-state index contributed by atoms with van der Waals surface area (Å²) in [5.74, 6) is -2.27. The number of pyridine rings is 1. The monoisotopic (exact) mass is 231 g/mol. The molecule has 0 amide bonds. The number of nitro groups is 1.